The molecule has 20 heteroatoms. The first-order valence-corrected chi connectivity index (χ1v) is 27.5. The van der Waals surface area contributed by atoms with E-state index in [4.69, 9.17) is 22.1 Å². The van der Waals surface area contributed by atoms with Crippen LogP contribution in [0, 0.1) is 11.8 Å². The van der Waals surface area contributed by atoms with Gasteiger partial charge in [0.05, 0.1) is 11.7 Å². The number of aromatic nitrogens is 1. The number of imide groups is 1. The van der Waals surface area contributed by atoms with Gasteiger partial charge in [0, 0.05) is 129 Å². The molecule has 3 aliphatic rings. The van der Waals surface area contributed by atoms with Crippen molar-refractivity contribution in [2.45, 2.75) is 77.2 Å². The van der Waals surface area contributed by atoms with Gasteiger partial charge in [-0.25, -0.2) is 9.59 Å². The van der Waals surface area contributed by atoms with Crippen molar-refractivity contribution in [2.75, 3.05) is 70.2 Å². The highest BCUT2D eigenvalue weighted by atomic mass is 35.5. The maximum absolute atomic E-state index is 14.5. The summed E-state index contributed by atoms with van der Waals surface area (Å²) in [6.07, 6.45) is 4.00. The number of ether oxygens (including phenoxy) is 1. The van der Waals surface area contributed by atoms with Gasteiger partial charge in [-0.3, -0.25) is 38.5 Å². The normalized spacial score (nSPS) is 16.1. The molecule has 5 aromatic rings. The van der Waals surface area contributed by atoms with Crippen molar-refractivity contribution in [2.24, 2.45) is 17.6 Å². The molecular weight excluding hydrogens is 1030 g/mol. The third-order valence-corrected chi connectivity index (χ3v) is 15.3. The predicted octanol–water partition coefficient (Wildman–Crippen LogP) is 6.39. The number of ketones is 2. The second-order valence-corrected chi connectivity index (χ2v) is 21.2. The highest BCUT2D eigenvalue weighted by Crippen LogP contribution is 2.46. The summed E-state index contributed by atoms with van der Waals surface area (Å²) < 4.78 is 6.07. The van der Waals surface area contributed by atoms with Crippen molar-refractivity contribution in [3.63, 3.8) is 0 Å². The van der Waals surface area contributed by atoms with E-state index in [1.165, 1.54) is 12.2 Å². The number of anilines is 1. The molecular formula is C59H68ClN9O10. The first-order valence-electron chi connectivity index (χ1n) is 27.0. The number of benzene rings is 4. The minimum absolute atomic E-state index is 0.0273. The first-order chi connectivity index (χ1) is 38.0. The Balaban J connectivity index is 0.871. The molecule has 3 unspecified atom stereocenters. The van der Waals surface area contributed by atoms with Crippen LogP contribution in [0.25, 0.3) is 21.7 Å². The highest BCUT2D eigenvalue weighted by Gasteiger charge is 2.37. The van der Waals surface area contributed by atoms with Crippen LogP contribution in [-0.4, -0.2) is 144 Å². The Bertz CT molecular complexity index is 3150. The van der Waals surface area contributed by atoms with Gasteiger partial charge in [0.2, 0.25) is 11.8 Å². The molecule has 3 aliphatic heterocycles. The number of primary amides is 1. The molecule has 6 N–H and O–H groups in total. The number of alkyl halides is 1. The fourth-order valence-corrected chi connectivity index (χ4v) is 10.8. The van der Waals surface area contributed by atoms with Crippen molar-refractivity contribution in [1.82, 2.24) is 35.6 Å². The van der Waals surface area contributed by atoms with Crippen LogP contribution in [0.1, 0.15) is 95.8 Å². The maximum Gasteiger partial charge on any atom is 0.415 e. The minimum atomic E-state index is -0.876. The third kappa shape index (κ3) is 14.2. The molecule has 0 saturated carbocycles. The Labute approximate surface area is 463 Å². The summed E-state index contributed by atoms with van der Waals surface area (Å²) in [5, 5.41) is 10.7. The predicted molar refractivity (Wildman–Crippen MR) is 300 cm³/mol. The molecule has 4 aromatic carbocycles. The van der Waals surface area contributed by atoms with Crippen LogP contribution in [-0.2, 0) is 36.8 Å². The summed E-state index contributed by atoms with van der Waals surface area (Å²) in [5.74, 6) is -2.09. The Kier molecular flexibility index (Phi) is 19.0. The van der Waals surface area contributed by atoms with E-state index in [2.05, 4.69) is 25.8 Å². The standard InChI is InChI=1S/C59H68ClN9O10/c1-36(2)42(11-6-22-62-52(72)13-8-24-68-53(73)20-21-54(68)74)56(75)65-46(12-7-23-63-58(61)77)50(71)30-37-14-17-39(18-15-37)49(70)31-38-16-19-45-40(29-38)32-47(64-45)57(76)69-35-41(34-60)55-44-10-5-4-9-43(44)51(33-48(55)69)79-59(78)67-27-25-66(3)26-28-67/h4-5,9-10,14-21,29,32-33,36,41-42,46,64H,6-8,11-13,22-28,30-31,34-35H2,1-3H3,(H,62,72)(H,65,75)(H3,61,63,77). The molecule has 1 aromatic heterocycles. The van der Waals surface area contributed by atoms with E-state index < -0.39 is 35.9 Å². The summed E-state index contributed by atoms with van der Waals surface area (Å²) in [7, 11) is 2.01. The lowest BCUT2D eigenvalue weighted by atomic mass is 9.89. The van der Waals surface area contributed by atoms with E-state index in [-0.39, 0.29) is 85.8 Å². The number of halogens is 1. The molecule has 416 valence electrons. The van der Waals surface area contributed by atoms with E-state index in [0.29, 0.717) is 85.6 Å². The first kappa shape index (κ1) is 57.3. The quantitative estimate of drug-likeness (QED) is 0.0196. The number of Topliss-reactive ketones (excluding diaryl/α,β-unsaturated/α-hetero) is 2. The van der Waals surface area contributed by atoms with Gasteiger partial charge in [0.15, 0.2) is 11.6 Å². The lowest BCUT2D eigenvalue weighted by Gasteiger charge is -2.31. The van der Waals surface area contributed by atoms with Crippen molar-refractivity contribution in [1.29, 1.82) is 0 Å². The molecule has 3 atom stereocenters. The Hall–Kier alpha value is -7.90. The fraction of sp³-hybridized carbons (Fsp3) is 0.407. The van der Waals surface area contributed by atoms with Crippen LogP contribution < -0.4 is 31.3 Å². The number of likely N-dealkylation sites (N-methyl/N-ethyl adjacent to an activating group) is 1. The summed E-state index contributed by atoms with van der Waals surface area (Å²) in [5.41, 5.74) is 9.67. The van der Waals surface area contributed by atoms with E-state index in [0.717, 1.165) is 45.3 Å². The number of urea groups is 1. The molecule has 19 nitrogen and oxygen atoms in total. The van der Waals surface area contributed by atoms with Crippen LogP contribution in [0.4, 0.5) is 15.3 Å². The molecule has 0 aliphatic carbocycles. The van der Waals surface area contributed by atoms with Crippen LogP contribution >= 0.6 is 11.6 Å². The molecule has 0 bridgehead atoms. The van der Waals surface area contributed by atoms with E-state index in [1.807, 2.05) is 63.4 Å². The summed E-state index contributed by atoms with van der Waals surface area (Å²) in [6, 6.07) is 22.0. The van der Waals surface area contributed by atoms with Crippen LogP contribution in [0.15, 0.2) is 91.0 Å². The van der Waals surface area contributed by atoms with Gasteiger partial charge in [-0.05, 0) is 85.3 Å². The summed E-state index contributed by atoms with van der Waals surface area (Å²) in [6.45, 7) is 7.40. The number of fused-ring (bicyclic) bond motifs is 4. The monoisotopic (exact) mass is 1100 g/mol. The molecule has 0 spiro atoms. The molecule has 4 heterocycles. The van der Waals surface area contributed by atoms with E-state index >= 15 is 0 Å². The lowest BCUT2D eigenvalue weighted by Crippen LogP contribution is -2.48. The number of nitrogens with two attached hydrogens (primary N) is 1. The molecule has 0 radical (unpaired) electrons. The van der Waals surface area contributed by atoms with Crippen molar-refractivity contribution in [3.8, 4) is 5.75 Å². The smallest absolute Gasteiger partial charge is 0.409 e. The summed E-state index contributed by atoms with van der Waals surface area (Å²) >= 11 is 6.57. The maximum atomic E-state index is 14.5. The number of carbonyl (C=O) groups is 9. The van der Waals surface area contributed by atoms with Gasteiger partial charge in [-0.2, -0.15) is 0 Å². The average molecular weight is 1100 g/mol. The number of piperazine rings is 1. The number of H-pyrrole nitrogens is 1. The number of amides is 8. The van der Waals surface area contributed by atoms with Crippen molar-refractivity contribution < 1.29 is 47.9 Å². The topological polar surface area (TPSA) is 254 Å². The average Bonchev–Trinajstić information content (AvgIpc) is 4.36. The number of nitrogens with zero attached hydrogens (tertiary/aromatic N) is 4. The minimum Gasteiger partial charge on any atom is -0.409 e. The SMILES string of the molecule is CC(C)C(CCCNC(=O)CCCN1C(=O)C=CC1=O)C(=O)NC(CCCNC(N)=O)C(=O)Cc1ccc(C(=O)Cc2ccc3[nH]c(C(=O)N4CC(CCl)c5c4cc(OC(=O)N4CCN(C)CC4)c4ccccc54)cc3c2)cc1. The van der Waals surface area contributed by atoms with Crippen LogP contribution in [0.5, 0.6) is 5.75 Å². The van der Waals surface area contributed by atoms with Gasteiger partial charge >= 0.3 is 12.1 Å². The number of aromatic amines is 1. The van der Waals surface area contributed by atoms with Crippen molar-refractivity contribution >= 4 is 92.2 Å². The zero-order valence-corrected chi connectivity index (χ0v) is 45.6. The van der Waals surface area contributed by atoms with E-state index in [9.17, 15) is 43.2 Å². The zero-order chi connectivity index (χ0) is 56.3. The number of nitrogens with one attached hydrogen (secondary N) is 4. The Morgan fingerprint density at radius 1 is 0.797 bits per heavy atom. The number of rotatable bonds is 24. The van der Waals surface area contributed by atoms with Gasteiger partial charge < -0.3 is 46.1 Å². The Morgan fingerprint density at radius 2 is 1.48 bits per heavy atom. The highest BCUT2D eigenvalue weighted by molar-refractivity contribution is 6.19. The Morgan fingerprint density at radius 3 is 2.18 bits per heavy atom. The van der Waals surface area contributed by atoms with Crippen LogP contribution in [0.3, 0.4) is 0 Å². The third-order valence-electron chi connectivity index (χ3n) is 15.0. The molecule has 1 fully saturated rings. The number of carbonyl (C=O) groups excluding carboxylic acids is 9. The molecule has 8 rings (SSSR count). The van der Waals surface area contributed by atoms with Gasteiger partial charge in [-0.15, -0.1) is 11.6 Å². The summed E-state index contributed by atoms with van der Waals surface area (Å²) in [4.78, 5) is 126. The molecule has 79 heavy (non-hydrogen) atoms. The zero-order valence-electron chi connectivity index (χ0n) is 44.8. The second-order valence-electron chi connectivity index (χ2n) is 20.9. The molecule has 1 saturated heterocycles. The van der Waals surface area contributed by atoms with Crippen molar-refractivity contribution in [3.05, 3.63) is 119 Å². The van der Waals surface area contributed by atoms with Gasteiger partial charge in [0.1, 0.15) is 11.4 Å². The number of hydrogen-bond donors (Lipinski definition) is 5. The molecule has 8 amide bonds. The lowest BCUT2D eigenvalue weighted by molar-refractivity contribution is -0.137. The van der Waals surface area contributed by atoms with Gasteiger partial charge in [-0.1, -0.05) is 68.4 Å². The van der Waals surface area contributed by atoms with Crippen LogP contribution in [0.2, 0.25) is 0 Å². The van der Waals surface area contributed by atoms with Gasteiger partial charge in [0.25, 0.3) is 17.7 Å². The largest absolute Gasteiger partial charge is 0.415 e. The van der Waals surface area contributed by atoms with E-state index in [1.54, 1.807) is 46.2 Å². The number of hydrogen-bond acceptors (Lipinski definition) is 11. The second kappa shape index (κ2) is 26.2. The fourth-order valence-electron chi connectivity index (χ4n) is 10.5.